The summed E-state index contributed by atoms with van der Waals surface area (Å²) in [5.74, 6) is 0.982. The first-order valence-electron chi connectivity index (χ1n) is 13.1. The molecule has 0 radical (unpaired) electrons. The van der Waals surface area contributed by atoms with Gasteiger partial charge in [-0.05, 0) is 73.4 Å². The topological polar surface area (TPSA) is 55.1 Å². The number of rotatable bonds is 4. The van der Waals surface area contributed by atoms with E-state index in [-0.39, 0.29) is 12.1 Å². The van der Waals surface area contributed by atoms with Crippen molar-refractivity contribution in [2.45, 2.75) is 39.8 Å². The SMILES string of the molecule is CCc1nn(-c2ccccc2)c2c1CN(C(=O)Nc1ccc(C)c(C)c1)[C@@H](c1ccccc1)c1cccn1-2. The molecule has 0 saturated heterocycles. The Morgan fingerprint density at radius 1 is 0.921 bits per heavy atom. The van der Waals surface area contributed by atoms with Crippen LogP contribution in [0.1, 0.15) is 46.6 Å². The lowest BCUT2D eigenvalue weighted by molar-refractivity contribution is 0.194. The summed E-state index contributed by atoms with van der Waals surface area (Å²) in [5.41, 5.74) is 8.25. The fraction of sp³-hybridized carbons (Fsp3) is 0.188. The summed E-state index contributed by atoms with van der Waals surface area (Å²) < 4.78 is 4.22. The van der Waals surface area contributed by atoms with Gasteiger partial charge in [-0.15, -0.1) is 0 Å². The first kappa shape index (κ1) is 23.8. The number of aromatic nitrogens is 3. The molecule has 0 unspecified atom stereocenters. The van der Waals surface area contributed by atoms with Crippen molar-refractivity contribution in [1.29, 1.82) is 0 Å². The normalized spacial score (nSPS) is 14.5. The van der Waals surface area contributed by atoms with Gasteiger partial charge in [0.2, 0.25) is 0 Å². The number of hydrogen-bond acceptors (Lipinski definition) is 2. The Morgan fingerprint density at radius 2 is 1.66 bits per heavy atom. The minimum Gasteiger partial charge on any atom is -0.308 e. The molecule has 1 atom stereocenters. The molecule has 6 heteroatoms. The average molecular weight is 502 g/mol. The summed E-state index contributed by atoms with van der Waals surface area (Å²) >= 11 is 0. The summed E-state index contributed by atoms with van der Waals surface area (Å²) in [6.45, 7) is 6.69. The third-order valence-corrected chi connectivity index (χ3v) is 7.44. The van der Waals surface area contributed by atoms with Crippen molar-refractivity contribution in [2.24, 2.45) is 0 Å². The molecule has 2 aromatic heterocycles. The van der Waals surface area contributed by atoms with Gasteiger partial charge in [0.15, 0.2) is 0 Å². The van der Waals surface area contributed by atoms with Crippen LogP contribution in [0.15, 0.2) is 97.2 Å². The highest BCUT2D eigenvalue weighted by atomic mass is 16.2. The van der Waals surface area contributed by atoms with Gasteiger partial charge in [-0.3, -0.25) is 0 Å². The van der Waals surface area contributed by atoms with E-state index < -0.39 is 0 Å². The van der Waals surface area contributed by atoms with E-state index in [4.69, 9.17) is 5.10 Å². The van der Waals surface area contributed by atoms with Gasteiger partial charge in [0.05, 0.1) is 29.7 Å². The van der Waals surface area contributed by atoms with Crippen LogP contribution >= 0.6 is 0 Å². The number of aryl methyl sites for hydroxylation is 3. The molecule has 1 aliphatic rings. The third-order valence-electron chi connectivity index (χ3n) is 7.44. The minimum absolute atomic E-state index is 0.141. The van der Waals surface area contributed by atoms with E-state index in [9.17, 15) is 4.79 Å². The van der Waals surface area contributed by atoms with Crippen LogP contribution in [0.4, 0.5) is 10.5 Å². The van der Waals surface area contributed by atoms with Gasteiger partial charge in [-0.1, -0.05) is 61.5 Å². The number of nitrogens with zero attached hydrogens (tertiary/aromatic N) is 4. The largest absolute Gasteiger partial charge is 0.322 e. The molecule has 1 N–H and O–H groups in total. The first-order chi connectivity index (χ1) is 18.5. The molecular weight excluding hydrogens is 470 g/mol. The number of para-hydroxylation sites is 1. The van der Waals surface area contributed by atoms with Crippen LogP contribution in [0.3, 0.4) is 0 Å². The summed E-state index contributed by atoms with van der Waals surface area (Å²) in [7, 11) is 0. The first-order valence-corrected chi connectivity index (χ1v) is 13.1. The van der Waals surface area contributed by atoms with Crippen molar-refractivity contribution in [3.8, 4) is 11.5 Å². The second-order valence-electron chi connectivity index (χ2n) is 9.82. The molecule has 5 aromatic rings. The molecule has 0 spiro atoms. The summed E-state index contributed by atoms with van der Waals surface area (Å²) in [5, 5.41) is 8.22. The predicted octanol–water partition coefficient (Wildman–Crippen LogP) is 6.98. The highest BCUT2D eigenvalue weighted by Crippen LogP contribution is 2.39. The number of urea groups is 1. The van der Waals surface area contributed by atoms with Gasteiger partial charge < -0.3 is 14.8 Å². The lowest BCUT2D eigenvalue weighted by Gasteiger charge is -2.31. The molecule has 2 amide bonds. The number of fused-ring (bicyclic) bond motifs is 3. The van der Waals surface area contributed by atoms with Gasteiger partial charge in [-0.25, -0.2) is 9.48 Å². The van der Waals surface area contributed by atoms with Crippen LogP contribution < -0.4 is 5.32 Å². The quantitative estimate of drug-likeness (QED) is 0.289. The van der Waals surface area contributed by atoms with Crippen molar-refractivity contribution < 1.29 is 4.79 Å². The Kier molecular flexibility index (Phi) is 6.08. The molecule has 0 bridgehead atoms. The Morgan fingerprint density at radius 3 is 2.37 bits per heavy atom. The molecule has 1 aliphatic heterocycles. The molecular formula is C32H31N5O. The van der Waals surface area contributed by atoms with Crippen molar-refractivity contribution in [3.63, 3.8) is 0 Å². The Labute approximate surface area is 223 Å². The fourth-order valence-corrected chi connectivity index (χ4v) is 5.35. The summed E-state index contributed by atoms with van der Waals surface area (Å²) in [4.78, 5) is 16.0. The second-order valence-corrected chi connectivity index (χ2v) is 9.82. The molecule has 0 saturated carbocycles. The maximum absolute atomic E-state index is 14.1. The lowest BCUT2D eigenvalue weighted by Crippen LogP contribution is -2.38. The van der Waals surface area contributed by atoms with Crippen LogP contribution in [-0.4, -0.2) is 25.3 Å². The molecule has 0 aliphatic carbocycles. The standard InChI is InChI=1S/C32H31N5O/c1-4-28-27-21-36(32(38)33-25-18-17-22(2)23(3)20-25)30(24-12-7-5-8-13-24)29-16-11-19-35(29)31(27)37(34-28)26-14-9-6-10-15-26/h5-20,30H,4,21H2,1-3H3,(H,33,38)/t30-/m0/s1. The van der Waals surface area contributed by atoms with E-state index in [2.05, 4.69) is 67.2 Å². The Hall–Kier alpha value is -4.58. The Balaban J connectivity index is 1.53. The summed E-state index contributed by atoms with van der Waals surface area (Å²) in [6, 6.07) is 30.2. The lowest BCUT2D eigenvalue weighted by atomic mass is 10.0. The van der Waals surface area contributed by atoms with Gasteiger partial charge in [0.1, 0.15) is 5.82 Å². The molecule has 0 fully saturated rings. The second kappa shape index (κ2) is 9.71. The smallest absolute Gasteiger partial charge is 0.308 e. The average Bonchev–Trinajstić information content (AvgIpc) is 3.53. The number of anilines is 1. The number of benzene rings is 3. The number of hydrogen-bond donors (Lipinski definition) is 1. The van der Waals surface area contributed by atoms with E-state index in [0.717, 1.165) is 51.7 Å². The number of carbonyl (C=O) groups is 1. The molecule has 190 valence electrons. The van der Waals surface area contributed by atoms with Crippen molar-refractivity contribution in [2.75, 3.05) is 5.32 Å². The highest BCUT2D eigenvalue weighted by molar-refractivity contribution is 5.90. The maximum Gasteiger partial charge on any atom is 0.322 e. The van der Waals surface area contributed by atoms with Gasteiger partial charge >= 0.3 is 6.03 Å². The monoisotopic (exact) mass is 501 g/mol. The van der Waals surface area contributed by atoms with E-state index in [1.165, 1.54) is 5.56 Å². The molecule has 6 rings (SSSR count). The van der Waals surface area contributed by atoms with Gasteiger partial charge in [-0.2, -0.15) is 5.10 Å². The minimum atomic E-state index is -0.279. The van der Waals surface area contributed by atoms with Crippen LogP contribution in [0, 0.1) is 13.8 Å². The van der Waals surface area contributed by atoms with Crippen molar-refractivity contribution in [3.05, 3.63) is 131 Å². The van der Waals surface area contributed by atoms with Crippen LogP contribution in [-0.2, 0) is 13.0 Å². The van der Waals surface area contributed by atoms with E-state index >= 15 is 0 Å². The van der Waals surface area contributed by atoms with Crippen molar-refractivity contribution in [1.82, 2.24) is 19.2 Å². The number of amides is 2. The molecule has 6 nitrogen and oxygen atoms in total. The van der Waals surface area contributed by atoms with Gasteiger partial charge in [0.25, 0.3) is 0 Å². The molecule has 3 aromatic carbocycles. The predicted molar refractivity (Wildman–Crippen MR) is 151 cm³/mol. The van der Waals surface area contributed by atoms with Crippen LogP contribution in [0.2, 0.25) is 0 Å². The summed E-state index contributed by atoms with van der Waals surface area (Å²) in [6.07, 6.45) is 2.84. The molecule has 3 heterocycles. The maximum atomic E-state index is 14.1. The molecule has 38 heavy (non-hydrogen) atoms. The van der Waals surface area contributed by atoms with Crippen molar-refractivity contribution >= 4 is 11.7 Å². The fourth-order valence-electron chi connectivity index (χ4n) is 5.35. The van der Waals surface area contributed by atoms with E-state index in [1.54, 1.807) is 0 Å². The highest BCUT2D eigenvalue weighted by Gasteiger charge is 2.36. The van der Waals surface area contributed by atoms with E-state index in [0.29, 0.717) is 6.54 Å². The number of nitrogens with one attached hydrogen (secondary N) is 1. The zero-order chi connectivity index (χ0) is 26.2. The zero-order valence-corrected chi connectivity index (χ0v) is 21.9. The van der Waals surface area contributed by atoms with Gasteiger partial charge in [0, 0.05) is 17.4 Å². The third kappa shape index (κ3) is 4.08. The van der Waals surface area contributed by atoms with Crippen LogP contribution in [0.25, 0.3) is 11.5 Å². The Bertz CT molecular complexity index is 1600. The number of carbonyl (C=O) groups excluding carboxylic acids is 1. The zero-order valence-electron chi connectivity index (χ0n) is 21.9. The van der Waals surface area contributed by atoms with E-state index in [1.807, 2.05) is 70.2 Å². The van der Waals surface area contributed by atoms with Crippen LogP contribution in [0.5, 0.6) is 0 Å².